The first kappa shape index (κ1) is 37.9. The molecule has 1 aliphatic rings. The SMILES string of the molecule is Cc1ccccc1C(=O)NC1=NC(=Nc2[nH]c(NC(=O)c3ccccc3C)c(-c3nc4ccccc4s3)c2C(C)(C)C)C(C(C)(C)C)=C1c1nc2ccccc2s1. The van der Waals surface area contributed by atoms with E-state index in [2.05, 4.69) is 63.2 Å². The second-order valence-corrected chi connectivity index (χ2v) is 18.3. The molecule has 57 heavy (non-hydrogen) atoms. The second-order valence-electron chi connectivity index (χ2n) is 16.3. The van der Waals surface area contributed by atoms with Gasteiger partial charge in [-0.2, -0.15) is 0 Å². The number of aromatic amines is 1. The summed E-state index contributed by atoms with van der Waals surface area (Å²) in [6.07, 6.45) is 0. The summed E-state index contributed by atoms with van der Waals surface area (Å²) in [5.74, 6) is 1.34. The number of rotatable bonds is 6. The van der Waals surface area contributed by atoms with E-state index in [9.17, 15) is 9.59 Å². The Morgan fingerprint density at radius 2 is 1.16 bits per heavy atom. The molecule has 0 fully saturated rings. The van der Waals surface area contributed by atoms with Crippen molar-refractivity contribution in [2.24, 2.45) is 15.4 Å². The van der Waals surface area contributed by atoms with Crippen molar-refractivity contribution in [1.29, 1.82) is 0 Å². The standard InChI is InChI=1S/C46H43N7O2S2/c1-25-17-9-11-19-27(25)41(54)52-37-33(43-47-29-21-13-15-23-31(29)56-43)35(45(3,4)5)39(49-37)51-40-36(46(6,7)8)34(44-48-30-22-14-16-24-32(30)57-44)38(50-40)53-42(55)28-20-12-10-18-26(28)2/h9-24,49H,1-8H3,(H,52,54)(H,50,51,53,55). The molecule has 0 unspecified atom stereocenters. The van der Waals surface area contributed by atoms with Gasteiger partial charge in [-0.15, -0.1) is 22.7 Å². The number of thiazole rings is 2. The molecule has 1 aliphatic heterocycles. The van der Waals surface area contributed by atoms with Crippen molar-refractivity contribution in [3.8, 4) is 10.6 Å². The molecule has 0 aliphatic carbocycles. The van der Waals surface area contributed by atoms with Crippen LogP contribution in [-0.4, -0.2) is 38.4 Å². The molecule has 0 atom stereocenters. The van der Waals surface area contributed by atoms with E-state index in [1.165, 1.54) is 0 Å². The fourth-order valence-electron chi connectivity index (χ4n) is 7.22. The number of aryl methyl sites for hydroxylation is 2. The number of nitrogens with zero attached hydrogens (tertiary/aromatic N) is 4. The van der Waals surface area contributed by atoms with Crippen molar-refractivity contribution >= 4 is 83.8 Å². The number of nitrogens with one attached hydrogen (secondary N) is 3. The quantitative estimate of drug-likeness (QED) is 0.155. The number of hydrogen-bond acceptors (Lipinski definition) is 7. The van der Waals surface area contributed by atoms with Crippen molar-refractivity contribution in [1.82, 2.24) is 20.3 Å². The van der Waals surface area contributed by atoms with Crippen LogP contribution in [0, 0.1) is 19.3 Å². The van der Waals surface area contributed by atoms with E-state index < -0.39 is 10.8 Å². The minimum atomic E-state index is -0.489. The normalized spacial score (nSPS) is 14.2. The van der Waals surface area contributed by atoms with Gasteiger partial charge >= 0.3 is 0 Å². The van der Waals surface area contributed by atoms with Crippen LogP contribution in [0.15, 0.2) is 113 Å². The van der Waals surface area contributed by atoms with Gasteiger partial charge in [0.1, 0.15) is 27.5 Å². The van der Waals surface area contributed by atoms with Gasteiger partial charge in [0.05, 0.1) is 31.6 Å². The van der Waals surface area contributed by atoms with Crippen LogP contribution >= 0.6 is 22.7 Å². The largest absolute Gasteiger partial charge is 0.325 e. The topological polar surface area (TPSA) is 124 Å². The molecule has 8 rings (SSSR count). The van der Waals surface area contributed by atoms with E-state index >= 15 is 0 Å². The Morgan fingerprint density at radius 3 is 1.70 bits per heavy atom. The number of carbonyl (C=O) groups is 2. The molecule has 0 saturated carbocycles. The fourth-order valence-corrected chi connectivity index (χ4v) is 9.26. The third kappa shape index (κ3) is 7.24. The molecule has 286 valence electrons. The number of hydrogen-bond donors (Lipinski definition) is 3. The van der Waals surface area contributed by atoms with Crippen LogP contribution in [-0.2, 0) is 5.41 Å². The van der Waals surface area contributed by atoms with Crippen LogP contribution < -0.4 is 10.6 Å². The number of amides is 2. The molecule has 2 amide bonds. The summed E-state index contributed by atoms with van der Waals surface area (Å²) in [7, 11) is 0. The van der Waals surface area contributed by atoms with Crippen molar-refractivity contribution in [3.63, 3.8) is 0 Å². The molecule has 3 aromatic heterocycles. The van der Waals surface area contributed by atoms with Crippen LogP contribution in [0.5, 0.6) is 0 Å². The molecule has 7 aromatic rings. The number of carbonyl (C=O) groups excluding carboxylic acids is 2. The molecule has 0 bridgehead atoms. The van der Waals surface area contributed by atoms with E-state index in [-0.39, 0.29) is 11.8 Å². The highest BCUT2D eigenvalue weighted by Crippen LogP contribution is 2.48. The van der Waals surface area contributed by atoms with Crippen molar-refractivity contribution in [2.45, 2.75) is 60.8 Å². The molecule has 9 nitrogen and oxygen atoms in total. The summed E-state index contributed by atoms with van der Waals surface area (Å²) in [4.78, 5) is 52.2. The third-order valence-electron chi connectivity index (χ3n) is 9.89. The molecule has 4 aromatic carbocycles. The molecular weight excluding hydrogens is 747 g/mol. The molecule has 0 saturated heterocycles. The summed E-state index contributed by atoms with van der Waals surface area (Å²) in [6.45, 7) is 16.6. The van der Waals surface area contributed by atoms with Crippen molar-refractivity contribution < 1.29 is 9.59 Å². The smallest absolute Gasteiger partial charge is 0.257 e. The number of anilines is 1. The van der Waals surface area contributed by atoms with Gasteiger partial charge in [-0.3, -0.25) is 9.59 Å². The van der Waals surface area contributed by atoms with E-state index in [1.54, 1.807) is 22.7 Å². The fraction of sp³-hybridized carbons (Fsp3) is 0.217. The Balaban J connectivity index is 1.37. The Bertz CT molecular complexity index is 2770. The summed E-state index contributed by atoms with van der Waals surface area (Å²) in [5.41, 5.74) is 6.83. The minimum Gasteiger partial charge on any atom is -0.325 e. The lowest BCUT2D eigenvalue weighted by molar-refractivity contribution is 0.0975. The summed E-state index contributed by atoms with van der Waals surface area (Å²) in [5, 5.41) is 7.86. The summed E-state index contributed by atoms with van der Waals surface area (Å²) in [6, 6.07) is 31.1. The maximum Gasteiger partial charge on any atom is 0.257 e. The van der Waals surface area contributed by atoms with Gasteiger partial charge in [-0.25, -0.2) is 20.0 Å². The van der Waals surface area contributed by atoms with Gasteiger partial charge in [0.25, 0.3) is 11.8 Å². The Labute approximate surface area is 339 Å². The first-order valence-electron chi connectivity index (χ1n) is 18.8. The maximum absolute atomic E-state index is 14.0. The zero-order chi connectivity index (χ0) is 40.2. The highest BCUT2D eigenvalue weighted by Gasteiger charge is 2.38. The average molecular weight is 790 g/mol. The van der Waals surface area contributed by atoms with Gasteiger partial charge in [0, 0.05) is 22.3 Å². The van der Waals surface area contributed by atoms with Crippen LogP contribution in [0.1, 0.15) is 84.0 Å². The van der Waals surface area contributed by atoms with Gasteiger partial charge in [0.15, 0.2) is 5.84 Å². The predicted octanol–water partition coefficient (Wildman–Crippen LogP) is 11.4. The van der Waals surface area contributed by atoms with Crippen molar-refractivity contribution in [3.05, 3.63) is 135 Å². The number of amidine groups is 2. The number of benzene rings is 4. The van der Waals surface area contributed by atoms with E-state index in [4.69, 9.17) is 20.0 Å². The molecule has 3 N–H and O–H groups in total. The lowest BCUT2D eigenvalue weighted by Crippen LogP contribution is -2.31. The number of fused-ring (bicyclic) bond motifs is 2. The van der Waals surface area contributed by atoms with E-state index in [0.717, 1.165) is 63.8 Å². The average Bonchev–Trinajstić information content (AvgIpc) is 3.94. The number of aromatic nitrogens is 3. The first-order chi connectivity index (χ1) is 27.2. The van der Waals surface area contributed by atoms with Crippen LogP contribution in [0.25, 0.3) is 36.6 Å². The zero-order valence-electron chi connectivity index (χ0n) is 33.2. The minimum absolute atomic E-state index is 0.245. The van der Waals surface area contributed by atoms with Gasteiger partial charge < -0.3 is 15.6 Å². The Kier molecular flexibility index (Phi) is 9.61. The predicted molar refractivity (Wildman–Crippen MR) is 236 cm³/mol. The molecule has 11 heteroatoms. The van der Waals surface area contributed by atoms with Crippen molar-refractivity contribution in [2.75, 3.05) is 5.32 Å². The highest BCUT2D eigenvalue weighted by atomic mass is 32.1. The first-order valence-corrected chi connectivity index (χ1v) is 20.5. The highest BCUT2D eigenvalue weighted by molar-refractivity contribution is 7.21. The van der Waals surface area contributed by atoms with Gasteiger partial charge in [-0.1, -0.05) is 102 Å². The number of aliphatic imine (C=N–C) groups is 2. The molecule has 4 heterocycles. The van der Waals surface area contributed by atoms with E-state index in [0.29, 0.717) is 34.4 Å². The monoisotopic (exact) mass is 789 g/mol. The lowest BCUT2D eigenvalue weighted by atomic mass is 9.83. The summed E-state index contributed by atoms with van der Waals surface area (Å²) >= 11 is 3.12. The lowest BCUT2D eigenvalue weighted by Gasteiger charge is -2.23. The molecular formula is C46H43N7O2S2. The van der Waals surface area contributed by atoms with Gasteiger partial charge in [0.2, 0.25) is 0 Å². The van der Waals surface area contributed by atoms with Gasteiger partial charge in [-0.05, 0) is 72.2 Å². The number of para-hydroxylation sites is 2. The Morgan fingerprint density at radius 1 is 0.649 bits per heavy atom. The summed E-state index contributed by atoms with van der Waals surface area (Å²) < 4.78 is 2.06. The zero-order valence-corrected chi connectivity index (χ0v) is 34.8. The van der Waals surface area contributed by atoms with Crippen LogP contribution in [0.3, 0.4) is 0 Å². The molecule has 0 radical (unpaired) electrons. The molecule has 0 spiro atoms. The van der Waals surface area contributed by atoms with Crippen LogP contribution in [0.2, 0.25) is 0 Å². The van der Waals surface area contributed by atoms with Crippen LogP contribution in [0.4, 0.5) is 11.6 Å². The Hall–Kier alpha value is -6.04. The number of H-pyrrole nitrogens is 1. The third-order valence-corrected chi connectivity index (χ3v) is 12.0. The van der Waals surface area contributed by atoms with E-state index in [1.807, 2.05) is 105 Å². The maximum atomic E-state index is 14.0. The second kappa shape index (κ2) is 14.5.